The van der Waals surface area contributed by atoms with Gasteiger partial charge in [-0.05, 0) is 23.2 Å². The van der Waals surface area contributed by atoms with Crippen molar-refractivity contribution in [2.45, 2.75) is 0 Å². The van der Waals surface area contributed by atoms with E-state index in [1.807, 2.05) is 7.05 Å². The highest BCUT2D eigenvalue weighted by Gasteiger charge is 2.12. The standard InChI is InChI=1S/C8H8N4O2.C7H6N4O2.C6H5ClN4.C6H4N4O2.C5H3ClN4/c1-12-6-4-9-7(8(13)14-2)11-5(6)3-10-12;1-11-5-3-8-6(7(12)13)10-4(5)2-9-11;1-11-5-3-8-6(7)10-4(5)2-9-11;11-6(12)5-7-1-4-3(9-5)2-8-10-4;6-5-7-1-4-3(9-5)2-8-10-4/h3-4H,1-2H3;2-3H,1H3,(H,12,13);2-3H,1H3;1-2H,(H,8,10)(H,11,12);1-2H,(H,8,10). The van der Waals surface area contributed by atoms with Gasteiger partial charge >= 0.3 is 17.9 Å². The van der Waals surface area contributed by atoms with E-state index in [2.05, 4.69) is 90.3 Å². The number of aromatic nitrogens is 20. The fourth-order valence-corrected chi connectivity index (χ4v) is 4.92. The number of aryl methyl sites for hydroxylation is 3. The van der Waals surface area contributed by atoms with Gasteiger partial charge in [0.15, 0.2) is 0 Å². The van der Waals surface area contributed by atoms with Gasteiger partial charge in [-0.2, -0.15) is 25.5 Å². The number of carbonyl (C=O) groups is 3. The summed E-state index contributed by atoms with van der Waals surface area (Å²) in [4.78, 5) is 70.1. The third kappa shape index (κ3) is 9.81. The van der Waals surface area contributed by atoms with Crippen LogP contribution >= 0.6 is 23.2 Å². The SMILES string of the molecule is COC(=O)c1ncc2c(cnn2C)n1.Clc1ncc2[nH]ncc2n1.Cn1ncc2nc(C(=O)O)ncc21.Cn1ncc2nc(Cl)ncc21.O=C(O)c1ncc2[nH]ncc2n1. The van der Waals surface area contributed by atoms with Gasteiger partial charge in [-0.3, -0.25) is 24.2 Å². The Morgan fingerprint density at radius 3 is 1.38 bits per heavy atom. The largest absolute Gasteiger partial charge is 0.475 e. The molecule has 0 unspecified atom stereocenters. The van der Waals surface area contributed by atoms with E-state index in [4.69, 9.17) is 33.4 Å². The molecule has 28 heteroatoms. The molecule has 0 spiro atoms. The molecular weight excluding hydrogens is 831 g/mol. The molecule has 0 atom stereocenters. The molecular formula is C32H26Cl2N20O6. The van der Waals surface area contributed by atoms with Crippen LogP contribution in [-0.2, 0) is 25.9 Å². The molecule has 0 fully saturated rings. The molecule has 0 aliphatic rings. The number of carboxylic acids is 2. The molecule has 0 bridgehead atoms. The Labute approximate surface area is 342 Å². The number of rotatable bonds is 3. The Hall–Kier alpha value is -8.26. The lowest BCUT2D eigenvalue weighted by atomic mass is 10.4. The molecule has 304 valence electrons. The molecule has 10 aromatic rings. The van der Waals surface area contributed by atoms with Crippen molar-refractivity contribution in [2.24, 2.45) is 21.1 Å². The summed E-state index contributed by atoms with van der Waals surface area (Å²) in [5.74, 6) is -3.20. The summed E-state index contributed by atoms with van der Waals surface area (Å²) in [6.07, 6.45) is 15.4. The van der Waals surface area contributed by atoms with Crippen molar-refractivity contribution < 1.29 is 29.3 Å². The summed E-state index contributed by atoms with van der Waals surface area (Å²) in [7, 11) is 6.65. The van der Waals surface area contributed by atoms with Gasteiger partial charge in [-0.25, -0.2) is 64.2 Å². The molecule has 10 aromatic heterocycles. The van der Waals surface area contributed by atoms with Crippen molar-refractivity contribution in [1.82, 2.24) is 99.6 Å². The first kappa shape index (κ1) is 41.4. The third-order valence-electron chi connectivity index (χ3n) is 7.57. The van der Waals surface area contributed by atoms with Crippen LogP contribution in [0.3, 0.4) is 0 Å². The topological polar surface area (TPSA) is 341 Å². The third-order valence-corrected chi connectivity index (χ3v) is 7.94. The van der Waals surface area contributed by atoms with Crippen molar-refractivity contribution in [2.75, 3.05) is 7.11 Å². The number of carboxylic acid groups (broad SMARTS) is 2. The minimum atomic E-state index is -1.14. The molecule has 0 amide bonds. The number of nitrogens with one attached hydrogen (secondary N) is 2. The number of aromatic amines is 2. The molecule has 0 saturated heterocycles. The number of nitrogens with zero attached hydrogens (tertiary/aromatic N) is 18. The highest BCUT2D eigenvalue weighted by Crippen LogP contribution is 2.12. The van der Waals surface area contributed by atoms with E-state index in [0.29, 0.717) is 27.6 Å². The lowest BCUT2D eigenvalue weighted by Crippen LogP contribution is -2.06. The first-order valence-electron chi connectivity index (χ1n) is 16.4. The van der Waals surface area contributed by atoms with Crippen molar-refractivity contribution in [1.29, 1.82) is 0 Å². The Balaban J connectivity index is 0.000000126. The molecule has 10 rings (SSSR count). The Bertz CT molecular complexity index is 3120. The normalized spacial score (nSPS) is 10.5. The maximum atomic E-state index is 11.1. The zero-order valence-corrected chi connectivity index (χ0v) is 32.6. The van der Waals surface area contributed by atoms with Gasteiger partial charge in [0.1, 0.15) is 55.2 Å². The summed E-state index contributed by atoms with van der Waals surface area (Å²) < 4.78 is 9.42. The quantitative estimate of drug-likeness (QED) is 0.146. The first-order chi connectivity index (χ1) is 28.8. The molecule has 10 heterocycles. The second-order valence-corrected chi connectivity index (χ2v) is 12.1. The molecule has 4 N–H and O–H groups in total. The van der Waals surface area contributed by atoms with Crippen molar-refractivity contribution in [3.05, 3.63) is 90.0 Å². The van der Waals surface area contributed by atoms with Crippen LogP contribution in [0.15, 0.2) is 62.0 Å². The number of H-pyrrole nitrogens is 2. The number of halogens is 2. The van der Waals surface area contributed by atoms with E-state index in [1.54, 1.807) is 65.3 Å². The van der Waals surface area contributed by atoms with Crippen LogP contribution in [0, 0.1) is 0 Å². The summed E-state index contributed by atoms with van der Waals surface area (Å²) in [5, 5.41) is 42.3. The van der Waals surface area contributed by atoms with Gasteiger partial charge in [0.2, 0.25) is 28.0 Å². The molecule has 0 aromatic carbocycles. The number of methoxy groups -OCH3 is 1. The van der Waals surface area contributed by atoms with E-state index in [-0.39, 0.29) is 28.0 Å². The average molecular weight is 858 g/mol. The monoisotopic (exact) mass is 856 g/mol. The summed E-state index contributed by atoms with van der Waals surface area (Å²) in [6, 6.07) is 0. The molecule has 60 heavy (non-hydrogen) atoms. The smallest absolute Gasteiger partial charge is 0.376 e. The van der Waals surface area contributed by atoms with E-state index in [0.717, 1.165) is 27.6 Å². The minimum absolute atomic E-state index is 0.0491. The second-order valence-electron chi connectivity index (χ2n) is 11.4. The van der Waals surface area contributed by atoms with Crippen LogP contribution in [0.25, 0.3) is 55.2 Å². The van der Waals surface area contributed by atoms with Gasteiger partial charge in [0.25, 0.3) is 0 Å². The Morgan fingerprint density at radius 2 is 0.883 bits per heavy atom. The number of ether oxygens (including phenoxy) is 1. The van der Waals surface area contributed by atoms with E-state index < -0.39 is 17.9 Å². The first-order valence-corrected chi connectivity index (χ1v) is 17.2. The molecule has 0 aliphatic carbocycles. The van der Waals surface area contributed by atoms with Crippen LogP contribution in [0.5, 0.6) is 0 Å². The van der Waals surface area contributed by atoms with Crippen LogP contribution in [0.4, 0.5) is 0 Å². The summed E-state index contributed by atoms with van der Waals surface area (Å²) >= 11 is 11.1. The van der Waals surface area contributed by atoms with Gasteiger partial charge in [0.05, 0.1) is 69.1 Å². The van der Waals surface area contributed by atoms with Gasteiger partial charge < -0.3 is 14.9 Å². The average Bonchev–Trinajstić information content (AvgIpc) is 4.11. The highest BCUT2D eigenvalue weighted by atomic mass is 35.5. The number of hydrogen-bond donors (Lipinski definition) is 4. The van der Waals surface area contributed by atoms with Crippen molar-refractivity contribution >= 4 is 96.3 Å². The zero-order valence-electron chi connectivity index (χ0n) is 31.1. The van der Waals surface area contributed by atoms with E-state index in [9.17, 15) is 14.4 Å². The fraction of sp³-hybridized carbons (Fsp3) is 0.125. The lowest BCUT2D eigenvalue weighted by Gasteiger charge is -1.97. The number of carbonyl (C=O) groups excluding carboxylic acids is 1. The number of fused-ring (bicyclic) bond motifs is 5. The number of aromatic carboxylic acids is 2. The summed E-state index contributed by atoms with van der Waals surface area (Å²) in [5.41, 5.74) is 6.97. The van der Waals surface area contributed by atoms with Crippen molar-refractivity contribution in [3.8, 4) is 0 Å². The van der Waals surface area contributed by atoms with E-state index in [1.165, 1.54) is 31.9 Å². The second kappa shape index (κ2) is 18.3. The Morgan fingerprint density at radius 1 is 0.517 bits per heavy atom. The predicted octanol–water partition coefficient (Wildman–Crippen LogP) is 2.29. The maximum Gasteiger partial charge on any atom is 0.376 e. The van der Waals surface area contributed by atoms with Gasteiger partial charge in [0, 0.05) is 21.1 Å². The van der Waals surface area contributed by atoms with Crippen LogP contribution in [0.2, 0.25) is 10.6 Å². The molecule has 26 nitrogen and oxygen atoms in total. The van der Waals surface area contributed by atoms with Crippen LogP contribution < -0.4 is 0 Å². The lowest BCUT2D eigenvalue weighted by molar-refractivity contribution is 0.0585. The van der Waals surface area contributed by atoms with Crippen LogP contribution in [-0.4, -0.2) is 135 Å². The fourth-order valence-electron chi connectivity index (χ4n) is 4.65. The Kier molecular flexibility index (Phi) is 12.6. The molecule has 0 aliphatic heterocycles. The van der Waals surface area contributed by atoms with Crippen molar-refractivity contribution in [3.63, 3.8) is 0 Å². The highest BCUT2D eigenvalue weighted by molar-refractivity contribution is 6.28. The number of esters is 1. The minimum Gasteiger partial charge on any atom is -0.475 e. The van der Waals surface area contributed by atoms with E-state index >= 15 is 0 Å². The van der Waals surface area contributed by atoms with Gasteiger partial charge in [-0.15, -0.1) is 0 Å². The summed E-state index contributed by atoms with van der Waals surface area (Å²) in [6.45, 7) is 0. The predicted molar refractivity (Wildman–Crippen MR) is 208 cm³/mol. The molecule has 0 radical (unpaired) electrons. The van der Waals surface area contributed by atoms with Crippen LogP contribution in [0.1, 0.15) is 31.9 Å². The maximum absolute atomic E-state index is 11.1. The molecule has 0 saturated carbocycles. The van der Waals surface area contributed by atoms with Gasteiger partial charge in [-0.1, -0.05) is 0 Å². The number of hydrogen-bond acceptors (Lipinski definition) is 19. The zero-order chi connectivity index (χ0) is 42.9.